The molecule has 0 spiro atoms. The van der Waals surface area contributed by atoms with Gasteiger partial charge >= 0.3 is 0 Å². The van der Waals surface area contributed by atoms with Crippen molar-refractivity contribution in [2.24, 2.45) is 5.92 Å². The molecule has 62 valence electrons. The molecule has 0 aromatic heterocycles. The lowest BCUT2D eigenvalue weighted by Gasteiger charge is -2.22. The molecule has 1 atom stereocenters. The topological polar surface area (TPSA) is 34.1 Å². The van der Waals surface area contributed by atoms with E-state index in [9.17, 15) is 9.59 Å². The van der Waals surface area contributed by atoms with E-state index in [1.807, 2.05) is 12.2 Å². The summed E-state index contributed by atoms with van der Waals surface area (Å²) in [5, 5.41) is 0. The van der Waals surface area contributed by atoms with Crippen LogP contribution in [0.1, 0.15) is 19.3 Å². The molecule has 2 rings (SSSR count). The van der Waals surface area contributed by atoms with Crippen LogP contribution >= 0.6 is 0 Å². The summed E-state index contributed by atoms with van der Waals surface area (Å²) < 4.78 is 0. The Morgan fingerprint density at radius 3 is 3.00 bits per heavy atom. The highest BCUT2D eigenvalue weighted by Gasteiger charge is 2.24. The van der Waals surface area contributed by atoms with Crippen molar-refractivity contribution in [3.05, 3.63) is 23.8 Å². The van der Waals surface area contributed by atoms with E-state index in [0.29, 0.717) is 19.3 Å². The molecule has 2 nitrogen and oxygen atoms in total. The fraction of sp³-hybridized carbons (Fsp3) is 0.400. The van der Waals surface area contributed by atoms with Crippen LogP contribution in [0.25, 0.3) is 0 Å². The van der Waals surface area contributed by atoms with Crippen LogP contribution in [0.2, 0.25) is 0 Å². The molecule has 0 heterocycles. The largest absolute Gasteiger partial charge is 0.299 e. The third-order valence-corrected chi connectivity index (χ3v) is 2.41. The highest BCUT2D eigenvalue weighted by Crippen LogP contribution is 2.29. The fourth-order valence-corrected chi connectivity index (χ4v) is 1.73. The zero-order valence-electron chi connectivity index (χ0n) is 6.75. The summed E-state index contributed by atoms with van der Waals surface area (Å²) in [6.45, 7) is 0. The van der Waals surface area contributed by atoms with E-state index in [1.165, 1.54) is 0 Å². The minimum atomic E-state index is 0.159. The van der Waals surface area contributed by atoms with Crippen molar-refractivity contribution in [2.45, 2.75) is 19.3 Å². The van der Waals surface area contributed by atoms with Gasteiger partial charge in [-0.25, -0.2) is 0 Å². The van der Waals surface area contributed by atoms with Crippen LogP contribution < -0.4 is 0 Å². The third-order valence-electron chi connectivity index (χ3n) is 2.41. The van der Waals surface area contributed by atoms with E-state index in [2.05, 4.69) is 0 Å². The van der Waals surface area contributed by atoms with Gasteiger partial charge in [-0.2, -0.15) is 0 Å². The molecule has 0 fully saturated rings. The first-order valence-corrected chi connectivity index (χ1v) is 4.17. The minimum Gasteiger partial charge on any atom is -0.299 e. The van der Waals surface area contributed by atoms with Crippen LogP contribution in [0, 0.1) is 5.92 Å². The number of carbonyl (C=O) groups is 2. The summed E-state index contributed by atoms with van der Waals surface area (Å²) in [6, 6.07) is 0. The van der Waals surface area contributed by atoms with Crippen molar-refractivity contribution < 1.29 is 9.59 Å². The number of rotatable bonds is 0. The van der Waals surface area contributed by atoms with Crippen molar-refractivity contribution in [3.8, 4) is 0 Å². The van der Waals surface area contributed by atoms with Crippen molar-refractivity contribution in [2.75, 3.05) is 0 Å². The van der Waals surface area contributed by atoms with Crippen molar-refractivity contribution in [1.29, 1.82) is 0 Å². The standard InChI is InChI=1S/C10H10O2/c11-9-3-1-7-5-10(12)4-2-8(7)6-9/h1-3,7H,4-6H2. The summed E-state index contributed by atoms with van der Waals surface area (Å²) in [7, 11) is 0. The predicted octanol–water partition coefficient (Wildman–Crippen LogP) is 1.42. The smallest absolute Gasteiger partial charge is 0.159 e. The van der Waals surface area contributed by atoms with Gasteiger partial charge in [-0.05, 0) is 6.08 Å². The van der Waals surface area contributed by atoms with E-state index in [-0.39, 0.29) is 17.5 Å². The van der Waals surface area contributed by atoms with Crippen LogP contribution in [-0.4, -0.2) is 11.6 Å². The molecule has 1 unspecified atom stereocenters. The van der Waals surface area contributed by atoms with Crippen LogP contribution in [0.3, 0.4) is 0 Å². The van der Waals surface area contributed by atoms with Gasteiger partial charge in [0.15, 0.2) is 5.78 Å². The first kappa shape index (κ1) is 7.47. The summed E-state index contributed by atoms with van der Waals surface area (Å²) >= 11 is 0. The number of hydrogen-bond donors (Lipinski definition) is 0. The first-order valence-electron chi connectivity index (χ1n) is 4.17. The minimum absolute atomic E-state index is 0.159. The van der Waals surface area contributed by atoms with E-state index >= 15 is 0 Å². The van der Waals surface area contributed by atoms with E-state index in [4.69, 9.17) is 0 Å². The number of allylic oxidation sites excluding steroid dienone is 4. The Kier molecular flexibility index (Phi) is 1.68. The molecule has 0 saturated carbocycles. The molecule has 0 aromatic carbocycles. The number of fused-ring (bicyclic) bond motifs is 1. The van der Waals surface area contributed by atoms with Gasteiger partial charge in [-0.15, -0.1) is 0 Å². The van der Waals surface area contributed by atoms with Crippen molar-refractivity contribution in [1.82, 2.24) is 0 Å². The zero-order valence-corrected chi connectivity index (χ0v) is 6.75. The second-order valence-corrected chi connectivity index (χ2v) is 3.33. The van der Waals surface area contributed by atoms with Crippen LogP contribution in [-0.2, 0) is 9.59 Å². The lowest BCUT2D eigenvalue weighted by atomic mass is 9.81. The highest BCUT2D eigenvalue weighted by molar-refractivity contribution is 5.94. The summed E-state index contributed by atoms with van der Waals surface area (Å²) in [5.41, 5.74) is 1.14. The monoisotopic (exact) mass is 162 g/mol. The van der Waals surface area contributed by atoms with Crippen LogP contribution in [0.4, 0.5) is 0 Å². The molecule has 2 heteroatoms. The Morgan fingerprint density at radius 2 is 2.17 bits per heavy atom. The van der Waals surface area contributed by atoms with E-state index in [0.717, 1.165) is 5.57 Å². The van der Waals surface area contributed by atoms with Gasteiger partial charge in [0.25, 0.3) is 0 Å². The number of Topliss-reactive ketones (excluding diaryl/α,β-unsaturated/α-hetero) is 1. The maximum absolute atomic E-state index is 11.0. The van der Waals surface area contributed by atoms with Gasteiger partial charge in [-0.3, -0.25) is 9.59 Å². The molecule has 12 heavy (non-hydrogen) atoms. The lowest BCUT2D eigenvalue weighted by Crippen LogP contribution is -2.19. The average Bonchev–Trinajstić information content (AvgIpc) is 2.05. The SMILES string of the molecule is O=C1C=CC2CC(=O)CC=C2C1. The van der Waals surface area contributed by atoms with Crippen LogP contribution in [0.5, 0.6) is 0 Å². The Balaban J connectivity index is 2.28. The Bertz CT molecular complexity index is 297. The zero-order chi connectivity index (χ0) is 8.55. The molecule has 0 amide bonds. The number of hydrogen-bond acceptors (Lipinski definition) is 2. The van der Waals surface area contributed by atoms with Gasteiger partial charge in [0.1, 0.15) is 5.78 Å². The number of ketones is 2. The van der Waals surface area contributed by atoms with Crippen LogP contribution in [0.15, 0.2) is 23.8 Å². The molecule has 2 aliphatic carbocycles. The summed E-state index contributed by atoms with van der Waals surface area (Å²) in [6.07, 6.45) is 7.00. The second kappa shape index (κ2) is 2.70. The third kappa shape index (κ3) is 1.24. The molecule has 0 saturated heterocycles. The maximum Gasteiger partial charge on any atom is 0.159 e. The predicted molar refractivity (Wildman–Crippen MR) is 44.6 cm³/mol. The maximum atomic E-state index is 11.0. The summed E-state index contributed by atoms with van der Waals surface area (Å²) in [5.74, 6) is 0.665. The Labute approximate surface area is 71.0 Å². The summed E-state index contributed by atoms with van der Waals surface area (Å²) in [4.78, 5) is 22.0. The van der Waals surface area contributed by atoms with Gasteiger partial charge in [0, 0.05) is 25.2 Å². The molecule has 0 radical (unpaired) electrons. The van der Waals surface area contributed by atoms with Gasteiger partial charge in [-0.1, -0.05) is 17.7 Å². The normalized spacial score (nSPS) is 28.3. The number of carbonyl (C=O) groups excluding carboxylic acids is 2. The Morgan fingerprint density at radius 1 is 1.33 bits per heavy atom. The van der Waals surface area contributed by atoms with Crippen molar-refractivity contribution >= 4 is 11.6 Å². The van der Waals surface area contributed by atoms with Gasteiger partial charge in [0.05, 0.1) is 0 Å². The second-order valence-electron chi connectivity index (χ2n) is 3.33. The van der Waals surface area contributed by atoms with E-state index in [1.54, 1.807) is 6.08 Å². The van der Waals surface area contributed by atoms with Crippen molar-refractivity contribution in [3.63, 3.8) is 0 Å². The lowest BCUT2D eigenvalue weighted by molar-refractivity contribution is -0.120. The molecular weight excluding hydrogens is 152 g/mol. The average molecular weight is 162 g/mol. The Hall–Kier alpha value is -1.18. The van der Waals surface area contributed by atoms with Gasteiger partial charge < -0.3 is 0 Å². The van der Waals surface area contributed by atoms with Gasteiger partial charge in [0.2, 0.25) is 0 Å². The fourth-order valence-electron chi connectivity index (χ4n) is 1.73. The quantitative estimate of drug-likeness (QED) is 0.505. The molecule has 0 aliphatic heterocycles. The molecular formula is C10H10O2. The molecule has 0 aromatic rings. The molecule has 0 bridgehead atoms. The van der Waals surface area contributed by atoms with E-state index < -0.39 is 0 Å². The molecule has 2 aliphatic rings. The first-order chi connectivity index (χ1) is 5.75. The molecule has 0 N–H and O–H groups in total. The highest BCUT2D eigenvalue weighted by atomic mass is 16.1.